The summed E-state index contributed by atoms with van der Waals surface area (Å²) in [5, 5.41) is 0. The number of amides is 2. The van der Waals surface area contributed by atoms with Crippen LogP contribution in [0.15, 0.2) is 60.7 Å². The first-order valence-electron chi connectivity index (χ1n) is 6.66. The number of rotatable bonds is 4. The monoisotopic (exact) mass is 296 g/mol. The number of nitrogens with one attached hydrogen (secondary N) is 2. The minimum atomic E-state index is -0.411. The van der Waals surface area contributed by atoms with Crippen LogP contribution in [0.25, 0.3) is 6.08 Å². The molecule has 5 nitrogen and oxygen atoms in total. The number of hydrogen-bond donors (Lipinski definition) is 2. The van der Waals surface area contributed by atoms with Gasteiger partial charge >= 0.3 is 0 Å². The molecule has 0 heterocycles. The van der Waals surface area contributed by atoms with Crippen LogP contribution in [0.5, 0.6) is 5.75 Å². The van der Waals surface area contributed by atoms with Crippen LogP contribution in [0.2, 0.25) is 0 Å². The lowest BCUT2D eigenvalue weighted by molar-refractivity contribution is -0.117. The standard InChI is InChI=1S/C17H16N2O3/c1-22-15-10-8-14(9-11-15)17(21)19-18-16(20)12-7-13-5-3-2-4-6-13/h2-12H,1H3,(H,18,20)(H,19,21)/b12-7+. The zero-order valence-electron chi connectivity index (χ0n) is 12.1. The summed E-state index contributed by atoms with van der Waals surface area (Å²) in [7, 11) is 1.55. The molecule has 112 valence electrons. The van der Waals surface area contributed by atoms with Gasteiger partial charge in [0.1, 0.15) is 5.75 Å². The maximum absolute atomic E-state index is 11.8. The second-order valence-corrected chi connectivity index (χ2v) is 4.42. The summed E-state index contributed by atoms with van der Waals surface area (Å²) < 4.78 is 5.01. The van der Waals surface area contributed by atoms with Crippen molar-refractivity contribution in [2.75, 3.05) is 7.11 Å². The van der Waals surface area contributed by atoms with E-state index >= 15 is 0 Å². The molecule has 0 aliphatic rings. The van der Waals surface area contributed by atoms with Crippen LogP contribution in [-0.2, 0) is 4.79 Å². The number of carbonyl (C=O) groups excluding carboxylic acids is 2. The number of hydrazine groups is 1. The van der Waals surface area contributed by atoms with Gasteiger partial charge in [0.25, 0.3) is 11.8 Å². The molecule has 0 saturated carbocycles. The molecule has 5 heteroatoms. The van der Waals surface area contributed by atoms with Gasteiger partial charge in [0.15, 0.2) is 0 Å². The first kappa shape index (κ1) is 15.3. The summed E-state index contributed by atoms with van der Waals surface area (Å²) in [6, 6.07) is 16.0. The normalized spacial score (nSPS) is 10.2. The van der Waals surface area contributed by atoms with Crippen LogP contribution in [0.4, 0.5) is 0 Å². The van der Waals surface area contributed by atoms with Gasteiger partial charge in [-0.2, -0.15) is 0 Å². The Hall–Kier alpha value is -3.08. The first-order valence-corrected chi connectivity index (χ1v) is 6.66. The fourth-order valence-electron chi connectivity index (χ4n) is 1.71. The zero-order valence-corrected chi connectivity index (χ0v) is 12.1. The summed E-state index contributed by atoms with van der Waals surface area (Å²) >= 11 is 0. The highest BCUT2D eigenvalue weighted by molar-refractivity contribution is 5.97. The molecule has 0 atom stereocenters. The van der Waals surface area contributed by atoms with Crippen molar-refractivity contribution < 1.29 is 14.3 Å². The van der Waals surface area contributed by atoms with E-state index in [1.165, 1.54) is 6.08 Å². The number of benzene rings is 2. The Balaban J connectivity index is 1.85. The molecule has 0 fully saturated rings. The Morgan fingerprint density at radius 2 is 1.64 bits per heavy atom. The van der Waals surface area contributed by atoms with Crippen molar-refractivity contribution >= 4 is 17.9 Å². The predicted molar refractivity (Wildman–Crippen MR) is 84.1 cm³/mol. The molecule has 0 bridgehead atoms. The van der Waals surface area contributed by atoms with E-state index in [0.29, 0.717) is 11.3 Å². The van der Waals surface area contributed by atoms with Crippen LogP contribution in [-0.4, -0.2) is 18.9 Å². The highest BCUT2D eigenvalue weighted by Crippen LogP contribution is 2.10. The van der Waals surface area contributed by atoms with Crippen LogP contribution >= 0.6 is 0 Å². The van der Waals surface area contributed by atoms with Crippen molar-refractivity contribution in [2.45, 2.75) is 0 Å². The summed E-state index contributed by atoms with van der Waals surface area (Å²) in [5.41, 5.74) is 5.99. The largest absolute Gasteiger partial charge is 0.497 e. The van der Waals surface area contributed by atoms with Gasteiger partial charge < -0.3 is 4.74 Å². The summed E-state index contributed by atoms with van der Waals surface area (Å²) in [6.07, 6.45) is 3.01. The lowest BCUT2D eigenvalue weighted by Crippen LogP contribution is -2.40. The molecule has 2 N–H and O–H groups in total. The van der Waals surface area contributed by atoms with E-state index in [1.54, 1.807) is 37.5 Å². The van der Waals surface area contributed by atoms with Gasteiger partial charge in [-0.25, -0.2) is 0 Å². The molecule has 0 aromatic heterocycles. The highest BCUT2D eigenvalue weighted by Gasteiger charge is 2.05. The minimum Gasteiger partial charge on any atom is -0.497 e. The average molecular weight is 296 g/mol. The lowest BCUT2D eigenvalue weighted by atomic mass is 10.2. The van der Waals surface area contributed by atoms with Crippen molar-refractivity contribution in [3.63, 3.8) is 0 Å². The molecule has 2 amide bonds. The molecule has 22 heavy (non-hydrogen) atoms. The fraction of sp³-hybridized carbons (Fsp3) is 0.0588. The summed E-state index contributed by atoms with van der Waals surface area (Å²) in [5.74, 6) is -0.152. The smallest absolute Gasteiger partial charge is 0.269 e. The lowest BCUT2D eigenvalue weighted by Gasteiger charge is -2.06. The Morgan fingerprint density at radius 1 is 0.955 bits per heavy atom. The molecule has 2 aromatic rings. The van der Waals surface area contributed by atoms with Crippen molar-refractivity contribution in [3.05, 3.63) is 71.8 Å². The van der Waals surface area contributed by atoms with Crippen LogP contribution in [0.3, 0.4) is 0 Å². The minimum absolute atomic E-state index is 0.399. The Kier molecular flexibility index (Phi) is 5.31. The van der Waals surface area contributed by atoms with Crippen LogP contribution < -0.4 is 15.6 Å². The van der Waals surface area contributed by atoms with Crippen molar-refractivity contribution in [3.8, 4) is 5.75 Å². The van der Waals surface area contributed by atoms with E-state index < -0.39 is 11.8 Å². The van der Waals surface area contributed by atoms with Crippen LogP contribution in [0, 0.1) is 0 Å². The zero-order chi connectivity index (χ0) is 15.8. The number of methoxy groups -OCH3 is 1. The van der Waals surface area contributed by atoms with E-state index in [4.69, 9.17) is 4.74 Å². The average Bonchev–Trinajstić information content (AvgIpc) is 2.58. The maximum atomic E-state index is 11.8. The van der Waals surface area contributed by atoms with E-state index in [9.17, 15) is 9.59 Å². The van der Waals surface area contributed by atoms with Gasteiger partial charge in [-0.3, -0.25) is 20.4 Å². The molecule has 2 aromatic carbocycles. The van der Waals surface area contributed by atoms with Crippen molar-refractivity contribution in [1.82, 2.24) is 10.9 Å². The molecular weight excluding hydrogens is 280 g/mol. The molecule has 0 unspecified atom stereocenters. The quantitative estimate of drug-likeness (QED) is 0.671. The molecule has 0 saturated heterocycles. The van der Waals surface area contributed by atoms with E-state index in [0.717, 1.165) is 5.56 Å². The molecule has 0 aliphatic carbocycles. The third kappa shape index (κ3) is 4.49. The van der Waals surface area contributed by atoms with E-state index in [-0.39, 0.29) is 0 Å². The third-order valence-electron chi connectivity index (χ3n) is 2.88. The maximum Gasteiger partial charge on any atom is 0.269 e. The van der Waals surface area contributed by atoms with Gasteiger partial charge in [-0.15, -0.1) is 0 Å². The summed E-state index contributed by atoms with van der Waals surface area (Å²) in [6.45, 7) is 0. The van der Waals surface area contributed by atoms with Gasteiger partial charge in [0.05, 0.1) is 7.11 Å². The third-order valence-corrected chi connectivity index (χ3v) is 2.88. The molecule has 0 aliphatic heterocycles. The Morgan fingerprint density at radius 3 is 2.27 bits per heavy atom. The SMILES string of the molecule is COc1ccc(C(=O)NNC(=O)/C=C/c2ccccc2)cc1. The van der Waals surface area contributed by atoms with Crippen LogP contribution in [0.1, 0.15) is 15.9 Å². The Bertz CT molecular complexity index is 664. The Labute approximate surface area is 128 Å². The molecule has 0 radical (unpaired) electrons. The topological polar surface area (TPSA) is 67.4 Å². The first-order chi connectivity index (χ1) is 10.7. The van der Waals surface area contributed by atoms with Crippen molar-refractivity contribution in [1.29, 1.82) is 0 Å². The molecule has 0 spiro atoms. The number of ether oxygens (including phenoxy) is 1. The van der Waals surface area contributed by atoms with Gasteiger partial charge in [0, 0.05) is 11.6 Å². The summed E-state index contributed by atoms with van der Waals surface area (Å²) in [4.78, 5) is 23.5. The van der Waals surface area contributed by atoms with Crippen molar-refractivity contribution in [2.24, 2.45) is 0 Å². The van der Waals surface area contributed by atoms with Gasteiger partial charge in [0.2, 0.25) is 0 Å². The van der Waals surface area contributed by atoms with Gasteiger partial charge in [-0.1, -0.05) is 30.3 Å². The second-order valence-electron chi connectivity index (χ2n) is 4.42. The molecular formula is C17H16N2O3. The van der Waals surface area contributed by atoms with Gasteiger partial charge in [-0.05, 0) is 35.9 Å². The van der Waals surface area contributed by atoms with E-state index in [1.807, 2.05) is 30.3 Å². The number of hydrogen-bond acceptors (Lipinski definition) is 3. The predicted octanol–water partition coefficient (Wildman–Crippen LogP) is 2.17. The number of carbonyl (C=O) groups is 2. The highest BCUT2D eigenvalue weighted by atomic mass is 16.5. The second kappa shape index (κ2) is 7.64. The molecule has 2 rings (SSSR count). The van der Waals surface area contributed by atoms with E-state index in [2.05, 4.69) is 10.9 Å². The fourth-order valence-corrected chi connectivity index (χ4v) is 1.71.